The van der Waals surface area contributed by atoms with E-state index in [0.29, 0.717) is 150 Å². The molecule has 1 saturated carbocycles. The Morgan fingerprint density at radius 2 is 0.746 bits per heavy atom. The van der Waals surface area contributed by atoms with Crippen LogP contribution in [0.3, 0.4) is 0 Å². The van der Waals surface area contributed by atoms with Crippen LogP contribution in [0.5, 0.6) is 0 Å². The molecule has 8 aromatic heterocycles. The lowest BCUT2D eigenvalue weighted by Crippen LogP contribution is -2.40. The van der Waals surface area contributed by atoms with Crippen LogP contribution in [0.2, 0.25) is 0 Å². The summed E-state index contributed by atoms with van der Waals surface area (Å²) in [7, 11) is 11.7. The highest BCUT2D eigenvalue weighted by Crippen LogP contribution is 2.38. The van der Waals surface area contributed by atoms with Gasteiger partial charge in [-0.25, -0.2) is 39.9 Å². The number of likely N-dealkylation sites (N-methyl/N-ethyl adjacent to an activating group) is 3. The molecule has 0 radical (unpaired) electrons. The molecule has 0 spiro atoms. The second-order valence-electron chi connectivity index (χ2n) is 36.0. The molecule has 9 aromatic rings. The molecular formula is C91H123N19O12S8. The van der Waals surface area contributed by atoms with Crippen molar-refractivity contribution in [3.63, 3.8) is 0 Å². The number of rotatable bonds is 32. The van der Waals surface area contributed by atoms with Crippen LogP contribution in [-0.2, 0) is 78.2 Å². The lowest BCUT2D eigenvalue weighted by atomic mass is 9.85. The van der Waals surface area contributed by atoms with Crippen molar-refractivity contribution in [1.29, 1.82) is 0 Å². The van der Waals surface area contributed by atoms with Crippen molar-refractivity contribution in [2.24, 2.45) is 17.8 Å². The maximum Gasteiger partial charge on any atom is 0.257 e. The fourth-order valence-electron chi connectivity index (χ4n) is 12.5. The van der Waals surface area contributed by atoms with Gasteiger partial charge in [0.2, 0.25) is 64.9 Å². The molecule has 10 heterocycles. The van der Waals surface area contributed by atoms with E-state index in [1.165, 1.54) is 57.5 Å². The maximum atomic E-state index is 12.8. The number of nitrogens with one attached hydrogen (secondary N) is 6. The van der Waals surface area contributed by atoms with Gasteiger partial charge in [-0.1, -0.05) is 160 Å². The summed E-state index contributed by atoms with van der Waals surface area (Å²) >= 11 is 12.0. The molecule has 2 aliphatic heterocycles. The van der Waals surface area contributed by atoms with Gasteiger partial charge in [0, 0.05) is 121 Å². The van der Waals surface area contributed by atoms with Gasteiger partial charge in [0.1, 0.15) is 23.0 Å². The van der Waals surface area contributed by atoms with E-state index in [2.05, 4.69) is 161 Å². The zero-order valence-electron chi connectivity index (χ0n) is 77.4. The number of hydrogen-bond donors (Lipinski definition) is 6. The zero-order valence-corrected chi connectivity index (χ0v) is 83.9. The molecule has 8 amide bonds. The molecule has 39 heteroatoms. The van der Waals surface area contributed by atoms with Crippen LogP contribution in [0.1, 0.15) is 191 Å². The number of hydrogen-bond acceptors (Lipinski definition) is 31. The highest BCUT2D eigenvalue weighted by Gasteiger charge is 2.33. The molecular weight excluding hydrogens is 1810 g/mol. The SMILES string of the molecule is C=CC(=O)N1CCC(C(=O)Nc2ncc(SCc3ncc(C(C)(C)C)o3)s2)CC1.CN(C)C/C=C/C(=O)N1CCC(C(=O)Nc2ncc(SCc3ncc(C(C)(C)C)o3)s2)CC1.CN(C)C/C=C/C(=O)NC1CCCC(C(=O)Nc2ncc(SCc3ncc(C(C)(C)C)o3)s2)C1.CN(C)C/C=C/C(=O)Nc1ccc(C(=O)Nc2ncc(SCc3ncc(C(C)(C)C)o3)s2)cc1. The lowest BCUT2D eigenvalue weighted by Gasteiger charge is -2.30. The summed E-state index contributed by atoms with van der Waals surface area (Å²) in [6, 6.07) is 6.72. The van der Waals surface area contributed by atoms with Crippen molar-refractivity contribution in [3.8, 4) is 0 Å². The van der Waals surface area contributed by atoms with E-state index in [-0.39, 0.29) is 92.7 Å². The van der Waals surface area contributed by atoms with E-state index in [1.54, 1.807) is 144 Å². The van der Waals surface area contributed by atoms with Crippen molar-refractivity contribution in [3.05, 3.63) is 175 Å². The minimum Gasteiger partial charge on any atom is -0.444 e. The van der Waals surface area contributed by atoms with E-state index >= 15 is 0 Å². The van der Waals surface area contributed by atoms with Crippen molar-refractivity contribution >= 4 is 166 Å². The van der Waals surface area contributed by atoms with Gasteiger partial charge >= 0.3 is 0 Å². The number of carbonyl (C=O) groups excluding carboxylic acids is 8. The third kappa shape index (κ3) is 35.6. The van der Waals surface area contributed by atoms with E-state index < -0.39 is 0 Å². The predicted octanol–water partition coefficient (Wildman–Crippen LogP) is 17.6. The van der Waals surface area contributed by atoms with Crippen LogP contribution in [0.15, 0.2) is 157 Å². The first-order valence-corrected chi connectivity index (χ1v) is 50.0. The number of oxazole rings is 4. The number of anilines is 5. The number of nitrogens with zero attached hydrogens (tertiary/aromatic N) is 13. The summed E-state index contributed by atoms with van der Waals surface area (Å²) < 4.78 is 27.2. The molecule has 12 rings (SSSR count). The largest absolute Gasteiger partial charge is 0.444 e. The first-order chi connectivity index (χ1) is 61.6. The highest BCUT2D eigenvalue weighted by molar-refractivity contribution is 8.01. The molecule has 2 unspecified atom stereocenters. The molecule has 1 aromatic carbocycles. The molecule has 2 atom stereocenters. The Balaban J connectivity index is 0.000000196. The van der Waals surface area contributed by atoms with Gasteiger partial charge in [0.25, 0.3) is 5.91 Å². The van der Waals surface area contributed by atoms with Crippen molar-refractivity contribution in [2.45, 2.75) is 202 Å². The van der Waals surface area contributed by atoms with Gasteiger partial charge in [-0.05, 0) is 118 Å². The van der Waals surface area contributed by atoms with Crippen molar-refractivity contribution in [1.82, 2.24) is 69.7 Å². The number of thioether (sulfide) groups is 4. The minimum absolute atomic E-state index is 0.0120. The first kappa shape index (κ1) is 104. The Bertz CT molecular complexity index is 5260. The summed E-state index contributed by atoms with van der Waals surface area (Å²) in [5, 5.41) is 19.7. The second-order valence-corrected chi connectivity index (χ2v) is 45.2. The van der Waals surface area contributed by atoms with Crippen LogP contribution in [0.25, 0.3) is 0 Å². The quantitative estimate of drug-likeness (QED) is 0.0168. The average molecular weight is 1930 g/mol. The van der Waals surface area contributed by atoms with E-state index in [4.69, 9.17) is 17.7 Å². The van der Waals surface area contributed by atoms with Gasteiger partial charge in [-0.2, -0.15) is 0 Å². The van der Waals surface area contributed by atoms with Crippen molar-refractivity contribution < 1.29 is 56.0 Å². The standard InChI is InChI=1S/C24H35N5O3S2.C24H29N5O3S2.C23H33N5O3S2.C20H26N4O3S2/c1-24(2,3)18-13-25-20(32-18)15-33-21-14-26-23(34-21)28-22(31)16-8-6-9-17(12-16)27-19(30)10-7-11-29(4)5;1-24(2,3)18-13-25-20(32-18)15-33-21-14-26-23(34-21)28-22(31)16-8-10-17(11-9-16)27-19(30)7-6-12-29(4)5;1-23(2,3)17-13-24-18(31-17)15-32-20-14-25-22(33-20)26-21(30)16-8-11-28(12-9-16)19(29)7-6-10-27(4)5;1-5-16(25)24-8-6-13(7-9-24)18(26)23-19-22-11-17(29-19)28-12-15-21-10-14(27-15)20(2,3)4/h7,10,13-14,16-17H,6,8-9,11-12,15H2,1-5H3,(H,27,30)(H,26,28,31);6-11,13-14H,12,15H2,1-5H3,(H,27,30)(H,26,28,31);6-7,13-14,16H,8-12,15H2,1-5H3,(H,25,26,30);5,10-11,13H,1,6-9,12H2,2-4H3,(H,22,23,26)/b10-7+;2*7-6+;. The molecule has 31 nitrogen and oxygen atoms in total. The highest BCUT2D eigenvalue weighted by atomic mass is 32.2. The average Bonchev–Trinajstić information content (AvgIpc) is 1.64. The van der Waals surface area contributed by atoms with Crippen LogP contribution < -0.4 is 31.9 Å². The van der Waals surface area contributed by atoms with E-state index in [1.807, 2.05) is 74.0 Å². The van der Waals surface area contributed by atoms with E-state index in [0.717, 1.165) is 65.7 Å². The Morgan fingerprint density at radius 3 is 1.08 bits per heavy atom. The number of amides is 8. The Morgan fingerprint density at radius 1 is 0.415 bits per heavy atom. The van der Waals surface area contributed by atoms with Gasteiger partial charge in [0.15, 0.2) is 20.5 Å². The van der Waals surface area contributed by atoms with E-state index in [9.17, 15) is 38.4 Å². The van der Waals surface area contributed by atoms with Crippen LogP contribution in [0.4, 0.5) is 26.2 Å². The summed E-state index contributed by atoms with van der Waals surface area (Å²) in [5.41, 5.74) is 0.814. The summed E-state index contributed by atoms with van der Waals surface area (Å²) in [6.45, 7) is 33.0. The number of carbonyl (C=O) groups is 8. The normalized spacial score (nSPS) is 15.4. The van der Waals surface area contributed by atoms with Crippen LogP contribution in [-0.4, -0.2) is 206 Å². The second kappa shape index (κ2) is 49.9. The molecule has 130 heavy (non-hydrogen) atoms. The van der Waals surface area contributed by atoms with Gasteiger partial charge in [0.05, 0.1) is 89.4 Å². The summed E-state index contributed by atoms with van der Waals surface area (Å²) in [5.74, 6) is 7.49. The van der Waals surface area contributed by atoms with Crippen molar-refractivity contribution in [2.75, 3.05) is 115 Å². The summed E-state index contributed by atoms with van der Waals surface area (Å²) in [6.07, 6.45) is 31.5. The third-order valence-corrected chi connectivity index (χ3v) is 28.3. The Kier molecular flexibility index (Phi) is 40.0. The minimum atomic E-state index is -0.267. The Hall–Kier alpha value is -9.42. The number of aromatic nitrogens is 8. The molecule has 3 aliphatic rings. The lowest BCUT2D eigenvalue weighted by molar-refractivity contribution is -0.130. The van der Waals surface area contributed by atoms with Gasteiger partial charge in [-0.15, -0.1) is 47.0 Å². The monoisotopic (exact) mass is 1930 g/mol. The summed E-state index contributed by atoms with van der Waals surface area (Å²) in [4.78, 5) is 143. The fraction of sp³-hybridized carbons (Fsp3) is 0.495. The molecule has 3 fully saturated rings. The van der Waals surface area contributed by atoms with Gasteiger partial charge < -0.3 is 68.8 Å². The molecule has 2 saturated heterocycles. The van der Waals surface area contributed by atoms with Crippen LogP contribution >= 0.6 is 92.4 Å². The van der Waals surface area contributed by atoms with Crippen LogP contribution in [0, 0.1) is 17.8 Å². The molecule has 0 bridgehead atoms. The van der Waals surface area contributed by atoms with Gasteiger partial charge in [-0.3, -0.25) is 43.7 Å². The molecule has 702 valence electrons. The zero-order chi connectivity index (χ0) is 94.5. The smallest absolute Gasteiger partial charge is 0.257 e. The predicted molar refractivity (Wildman–Crippen MR) is 522 cm³/mol. The number of benzene rings is 1. The fourth-order valence-corrected chi connectivity index (χ4v) is 19.4. The topological polar surface area (TPSA) is 381 Å². The molecule has 1 aliphatic carbocycles. The number of thiazole rings is 4. The number of likely N-dealkylation sites (tertiary alicyclic amines) is 2. The first-order valence-electron chi connectivity index (χ1n) is 42.8. The molecule has 6 N–H and O–H groups in total. The Labute approximate surface area is 795 Å². The number of piperidine rings is 2. The third-order valence-electron chi connectivity index (χ3n) is 19.9. The maximum absolute atomic E-state index is 12.8.